The predicted octanol–water partition coefficient (Wildman–Crippen LogP) is 4.91. The van der Waals surface area contributed by atoms with Gasteiger partial charge in [-0.15, -0.1) is 11.3 Å². The largest absolute Gasteiger partial charge is 0.471 e. The molecule has 3 nitrogen and oxygen atoms in total. The van der Waals surface area contributed by atoms with Crippen LogP contribution in [0.3, 0.4) is 0 Å². The highest BCUT2D eigenvalue weighted by molar-refractivity contribution is 7.21. The fourth-order valence-corrected chi connectivity index (χ4v) is 3.10. The Morgan fingerprint density at radius 1 is 1.17 bits per heavy atom. The molecule has 0 saturated heterocycles. The molecule has 1 heterocycles. The zero-order valence-electron chi connectivity index (χ0n) is 12.2. The van der Waals surface area contributed by atoms with Crippen LogP contribution in [0.25, 0.3) is 20.8 Å². The number of carbonyl (C=O) groups is 1. The number of aromatic nitrogens is 1. The third-order valence-corrected chi connectivity index (χ3v) is 4.41. The van der Waals surface area contributed by atoms with Gasteiger partial charge in [0.05, 0.1) is 10.2 Å². The number of anilines is 1. The Bertz CT molecular complexity index is 933. The molecule has 0 bridgehead atoms. The number of rotatable bonds is 2. The third-order valence-electron chi connectivity index (χ3n) is 3.33. The minimum absolute atomic E-state index is 0.0771. The number of thiazole rings is 1. The number of amides is 1. The van der Waals surface area contributed by atoms with E-state index in [-0.39, 0.29) is 11.5 Å². The van der Waals surface area contributed by atoms with Gasteiger partial charge >= 0.3 is 12.1 Å². The van der Waals surface area contributed by atoms with E-state index in [0.29, 0.717) is 21.7 Å². The lowest BCUT2D eigenvalue weighted by molar-refractivity contribution is -0.167. The average Bonchev–Trinajstić information content (AvgIpc) is 2.91. The maximum atomic E-state index is 13.2. The minimum Gasteiger partial charge on any atom is -0.318 e. The van der Waals surface area contributed by atoms with Gasteiger partial charge in [0.25, 0.3) is 0 Å². The molecule has 3 rings (SSSR count). The summed E-state index contributed by atoms with van der Waals surface area (Å²) in [6.07, 6.45) is -4.94. The molecule has 124 valence electrons. The second kappa shape index (κ2) is 5.86. The molecule has 3 aromatic rings. The first-order valence-electron chi connectivity index (χ1n) is 6.79. The maximum Gasteiger partial charge on any atom is 0.471 e. The summed E-state index contributed by atoms with van der Waals surface area (Å²) in [6.45, 7) is 1.59. The molecule has 1 aromatic heterocycles. The van der Waals surface area contributed by atoms with E-state index >= 15 is 0 Å². The van der Waals surface area contributed by atoms with E-state index in [0.717, 1.165) is 4.70 Å². The van der Waals surface area contributed by atoms with Crippen molar-refractivity contribution < 1.29 is 22.4 Å². The van der Waals surface area contributed by atoms with Crippen LogP contribution < -0.4 is 5.32 Å². The molecule has 0 aliphatic carbocycles. The van der Waals surface area contributed by atoms with Gasteiger partial charge in [0.2, 0.25) is 0 Å². The molecule has 0 saturated carbocycles. The zero-order chi connectivity index (χ0) is 17.5. The Balaban J connectivity index is 1.92. The van der Waals surface area contributed by atoms with Crippen molar-refractivity contribution in [2.24, 2.45) is 0 Å². The van der Waals surface area contributed by atoms with Crippen molar-refractivity contribution in [3.8, 4) is 10.6 Å². The normalized spacial score (nSPS) is 11.7. The van der Waals surface area contributed by atoms with Gasteiger partial charge in [-0.1, -0.05) is 0 Å². The average molecular weight is 353 g/mol. The van der Waals surface area contributed by atoms with Crippen LogP contribution in [0.5, 0.6) is 0 Å². The summed E-state index contributed by atoms with van der Waals surface area (Å²) in [4.78, 5) is 15.3. The van der Waals surface area contributed by atoms with Gasteiger partial charge in [0, 0.05) is 17.3 Å². The molecule has 2 aromatic carbocycles. The Labute approximate surface area is 137 Å². The van der Waals surface area contributed by atoms with Crippen molar-refractivity contribution in [1.82, 2.24) is 4.98 Å². The molecule has 1 N–H and O–H groups in total. The highest BCUT2D eigenvalue weighted by Gasteiger charge is 2.38. The summed E-state index contributed by atoms with van der Waals surface area (Å²) in [6, 6.07) is 8.86. The number of alkyl halides is 3. The molecule has 24 heavy (non-hydrogen) atoms. The molecule has 0 unspecified atom stereocenters. The summed E-state index contributed by atoms with van der Waals surface area (Å²) >= 11 is 1.35. The monoisotopic (exact) mass is 353 g/mol. The number of carbonyl (C=O) groups excluding carboxylic acids is 1. The second-order valence-corrected chi connectivity index (χ2v) is 6.14. The van der Waals surface area contributed by atoms with E-state index in [1.165, 1.54) is 29.5 Å². The SMILES string of the molecule is Cc1cc(-c2nc3cc([18F])ccc3s2)ccc1NC(=O)C(F)(F)F. The van der Waals surface area contributed by atoms with E-state index in [4.69, 9.17) is 0 Å². The molecular formula is C16H10F4N2OS. The number of hydrogen-bond acceptors (Lipinski definition) is 3. The predicted molar refractivity (Wildman–Crippen MR) is 84.4 cm³/mol. The number of nitrogens with one attached hydrogen (secondary N) is 1. The number of hydrogen-bond donors (Lipinski definition) is 1. The fourth-order valence-electron chi connectivity index (χ4n) is 2.15. The Morgan fingerprint density at radius 2 is 1.92 bits per heavy atom. The maximum absolute atomic E-state index is 13.2. The summed E-state index contributed by atoms with van der Waals surface area (Å²) in [7, 11) is 0. The topological polar surface area (TPSA) is 42.0 Å². The van der Waals surface area contributed by atoms with Crippen LogP contribution in [-0.2, 0) is 4.79 Å². The van der Waals surface area contributed by atoms with Crippen molar-refractivity contribution in [2.75, 3.05) is 5.32 Å². The van der Waals surface area contributed by atoms with Crippen LogP contribution in [0.15, 0.2) is 36.4 Å². The number of fused-ring (bicyclic) bond motifs is 1. The second-order valence-electron chi connectivity index (χ2n) is 5.11. The molecule has 0 atom stereocenters. The summed E-state index contributed by atoms with van der Waals surface area (Å²) in [5, 5.41) is 2.45. The first-order chi connectivity index (χ1) is 11.2. The van der Waals surface area contributed by atoms with E-state index in [1.807, 2.05) is 5.32 Å². The molecule has 0 spiro atoms. The highest BCUT2D eigenvalue weighted by Crippen LogP contribution is 2.32. The van der Waals surface area contributed by atoms with Crippen LogP contribution in [0, 0.1) is 12.7 Å². The third kappa shape index (κ3) is 3.23. The molecule has 0 radical (unpaired) electrons. The molecule has 1 amide bonds. The first-order valence-corrected chi connectivity index (χ1v) is 7.61. The highest BCUT2D eigenvalue weighted by atomic mass is 32.1. The lowest BCUT2D eigenvalue weighted by Gasteiger charge is -2.11. The standard InChI is InChI=1S/C16H10F4N2OS/c1-8-6-9(2-4-11(8)22-15(23)16(18,19)20)14-21-12-7-10(17)3-5-13(12)24-14/h2-7H,1H3,(H,22,23)/i17-1. The lowest BCUT2D eigenvalue weighted by Crippen LogP contribution is -2.30. The van der Waals surface area contributed by atoms with E-state index in [9.17, 15) is 22.4 Å². The quantitative estimate of drug-likeness (QED) is 0.665. The van der Waals surface area contributed by atoms with E-state index in [2.05, 4.69) is 4.98 Å². The van der Waals surface area contributed by atoms with Crippen LogP contribution in [0.2, 0.25) is 0 Å². The summed E-state index contributed by atoms with van der Waals surface area (Å²) < 4.78 is 51.0. The number of aryl methyl sites for hydroxylation is 1. The van der Waals surface area contributed by atoms with Crippen LogP contribution in [0.4, 0.5) is 23.2 Å². The Morgan fingerprint density at radius 3 is 2.58 bits per heavy atom. The number of halogens is 4. The van der Waals surface area contributed by atoms with Gasteiger partial charge < -0.3 is 5.32 Å². The number of benzene rings is 2. The van der Waals surface area contributed by atoms with Gasteiger partial charge in [-0.25, -0.2) is 9.37 Å². The first kappa shape index (κ1) is 16.4. The van der Waals surface area contributed by atoms with Crippen molar-refractivity contribution in [3.63, 3.8) is 0 Å². The molecule has 0 aliphatic rings. The molecule has 8 heteroatoms. The minimum atomic E-state index is -4.94. The van der Waals surface area contributed by atoms with E-state index < -0.39 is 12.1 Å². The Hall–Kier alpha value is -2.48. The van der Waals surface area contributed by atoms with Gasteiger partial charge in [0.1, 0.15) is 10.8 Å². The molecule has 0 aliphatic heterocycles. The van der Waals surface area contributed by atoms with Gasteiger partial charge in [-0.3, -0.25) is 4.79 Å². The lowest BCUT2D eigenvalue weighted by atomic mass is 10.1. The Kier molecular flexibility index (Phi) is 4.00. The zero-order valence-corrected chi connectivity index (χ0v) is 13.1. The summed E-state index contributed by atoms with van der Waals surface area (Å²) in [5.74, 6) is -2.41. The van der Waals surface area contributed by atoms with Gasteiger partial charge in [-0.2, -0.15) is 13.2 Å². The van der Waals surface area contributed by atoms with Gasteiger partial charge in [-0.05, 0) is 42.8 Å². The van der Waals surface area contributed by atoms with Crippen molar-refractivity contribution >= 4 is 33.1 Å². The van der Waals surface area contributed by atoms with Crippen molar-refractivity contribution in [2.45, 2.75) is 13.1 Å². The van der Waals surface area contributed by atoms with Crippen molar-refractivity contribution in [3.05, 3.63) is 47.8 Å². The molecular weight excluding hydrogens is 343 g/mol. The van der Waals surface area contributed by atoms with Crippen molar-refractivity contribution in [1.29, 1.82) is 0 Å². The molecule has 0 fully saturated rings. The van der Waals surface area contributed by atoms with Gasteiger partial charge in [0.15, 0.2) is 0 Å². The van der Waals surface area contributed by atoms with Crippen LogP contribution >= 0.6 is 11.3 Å². The van der Waals surface area contributed by atoms with E-state index in [1.54, 1.807) is 25.1 Å². The summed E-state index contributed by atoms with van der Waals surface area (Å²) in [5.41, 5.74) is 1.74. The van der Waals surface area contributed by atoms with Crippen LogP contribution in [0.1, 0.15) is 5.56 Å². The number of nitrogens with zero attached hydrogens (tertiary/aromatic N) is 1. The smallest absolute Gasteiger partial charge is 0.318 e. The fraction of sp³-hybridized carbons (Fsp3) is 0.125. The van der Waals surface area contributed by atoms with Crippen LogP contribution in [-0.4, -0.2) is 17.1 Å².